The summed E-state index contributed by atoms with van der Waals surface area (Å²) in [5, 5.41) is 14.1. The van der Waals surface area contributed by atoms with Gasteiger partial charge < -0.3 is 5.32 Å². The van der Waals surface area contributed by atoms with Gasteiger partial charge in [-0.25, -0.2) is 0 Å². The van der Waals surface area contributed by atoms with Gasteiger partial charge in [0.05, 0.1) is 5.56 Å². The van der Waals surface area contributed by atoms with Gasteiger partial charge >= 0.3 is 0 Å². The van der Waals surface area contributed by atoms with Crippen molar-refractivity contribution in [3.05, 3.63) is 21.9 Å². The van der Waals surface area contributed by atoms with Gasteiger partial charge in [0.1, 0.15) is 6.07 Å². The third kappa shape index (κ3) is 4.25. The first-order chi connectivity index (χ1) is 7.30. The average Bonchev–Trinajstić information content (AvgIpc) is 2.72. The van der Waals surface area contributed by atoms with Gasteiger partial charge in [-0.3, -0.25) is 0 Å². The Balaban J connectivity index is 2.38. The van der Waals surface area contributed by atoms with E-state index in [1.54, 1.807) is 11.3 Å². The molecule has 1 atom stereocenters. The molecular weight excluding hydrogens is 224 g/mol. The SMILES string of the molecule is CCC(CSC)NCc1cc(C#N)cs1. The fourth-order valence-corrected chi connectivity index (χ4v) is 2.82. The van der Waals surface area contributed by atoms with Gasteiger partial charge in [0.25, 0.3) is 0 Å². The number of hydrogen-bond donors (Lipinski definition) is 1. The second-order valence-electron chi connectivity index (χ2n) is 3.35. The number of rotatable bonds is 6. The fourth-order valence-electron chi connectivity index (χ4n) is 1.30. The molecule has 4 heteroatoms. The largest absolute Gasteiger partial charge is 0.308 e. The number of thiophene rings is 1. The molecule has 82 valence electrons. The third-order valence-corrected chi connectivity index (χ3v) is 3.88. The van der Waals surface area contributed by atoms with Crippen LogP contribution in [0.5, 0.6) is 0 Å². The van der Waals surface area contributed by atoms with E-state index in [1.165, 1.54) is 4.88 Å². The first-order valence-electron chi connectivity index (χ1n) is 5.00. The van der Waals surface area contributed by atoms with Crippen LogP contribution in [0.25, 0.3) is 0 Å². The molecule has 1 N–H and O–H groups in total. The van der Waals surface area contributed by atoms with Gasteiger partial charge in [0.15, 0.2) is 0 Å². The highest BCUT2D eigenvalue weighted by atomic mass is 32.2. The monoisotopic (exact) mass is 240 g/mol. The van der Waals surface area contributed by atoms with Crippen LogP contribution in [0.4, 0.5) is 0 Å². The van der Waals surface area contributed by atoms with Gasteiger partial charge in [-0.05, 0) is 18.7 Å². The number of nitrogens with zero attached hydrogens (tertiary/aromatic N) is 1. The first-order valence-corrected chi connectivity index (χ1v) is 7.27. The summed E-state index contributed by atoms with van der Waals surface area (Å²) in [7, 11) is 0. The molecule has 0 radical (unpaired) electrons. The zero-order chi connectivity index (χ0) is 11.1. The van der Waals surface area contributed by atoms with Crippen molar-refractivity contribution >= 4 is 23.1 Å². The molecule has 1 unspecified atom stereocenters. The minimum atomic E-state index is 0.577. The van der Waals surface area contributed by atoms with E-state index in [0.717, 1.165) is 24.3 Å². The lowest BCUT2D eigenvalue weighted by atomic mass is 10.2. The van der Waals surface area contributed by atoms with Crippen molar-refractivity contribution in [2.24, 2.45) is 0 Å². The van der Waals surface area contributed by atoms with Crippen LogP contribution >= 0.6 is 23.1 Å². The predicted octanol–water partition coefficient (Wildman–Crippen LogP) is 2.85. The fraction of sp³-hybridized carbons (Fsp3) is 0.545. The number of nitrogens with one attached hydrogen (secondary N) is 1. The molecule has 0 amide bonds. The van der Waals surface area contributed by atoms with Crippen LogP contribution < -0.4 is 5.32 Å². The summed E-state index contributed by atoms with van der Waals surface area (Å²) in [5.74, 6) is 1.15. The maximum absolute atomic E-state index is 8.69. The number of nitriles is 1. The summed E-state index contributed by atoms with van der Waals surface area (Å²) in [6.07, 6.45) is 3.28. The van der Waals surface area contributed by atoms with Crippen LogP contribution in [0.15, 0.2) is 11.4 Å². The molecule has 1 aromatic rings. The summed E-state index contributed by atoms with van der Waals surface area (Å²) in [4.78, 5) is 1.24. The summed E-state index contributed by atoms with van der Waals surface area (Å²) in [6.45, 7) is 3.08. The van der Waals surface area contributed by atoms with Gasteiger partial charge in [-0.2, -0.15) is 17.0 Å². The van der Waals surface area contributed by atoms with Crippen molar-refractivity contribution < 1.29 is 0 Å². The Morgan fingerprint density at radius 3 is 3.00 bits per heavy atom. The molecule has 0 spiro atoms. The van der Waals surface area contributed by atoms with Crippen LogP contribution in [0.3, 0.4) is 0 Å². The van der Waals surface area contributed by atoms with Crippen LogP contribution in [-0.4, -0.2) is 18.1 Å². The molecule has 0 aliphatic heterocycles. The molecule has 2 nitrogen and oxygen atoms in total. The highest BCUT2D eigenvalue weighted by Gasteiger charge is 2.05. The Kier molecular flexibility index (Phi) is 5.77. The maximum atomic E-state index is 8.69. The molecule has 1 aromatic heterocycles. The van der Waals surface area contributed by atoms with Gasteiger partial charge in [0.2, 0.25) is 0 Å². The molecule has 0 saturated carbocycles. The predicted molar refractivity (Wildman–Crippen MR) is 68.3 cm³/mol. The Hall–Kier alpha value is -0.500. The Bertz CT molecular complexity index is 328. The molecule has 1 heterocycles. The molecule has 0 aliphatic rings. The molecule has 15 heavy (non-hydrogen) atoms. The Morgan fingerprint density at radius 2 is 2.47 bits per heavy atom. The molecule has 0 fully saturated rings. The third-order valence-electron chi connectivity index (χ3n) is 2.21. The minimum Gasteiger partial charge on any atom is -0.308 e. The van der Waals surface area contributed by atoms with Gasteiger partial charge in [-0.1, -0.05) is 6.92 Å². The highest BCUT2D eigenvalue weighted by molar-refractivity contribution is 7.98. The van der Waals surface area contributed by atoms with Crippen molar-refractivity contribution in [3.8, 4) is 6.07 Å². The van der Waals surface area contributed by atoms with Crippen LogP contribution in [-0.2, 0) is 6.54 Å². The van der Waals surface area contributed by atoms with Crippen molar-refractivity contribution in [1.29, 1.82) is 5.26 Å². The van der Waals surface area contributed by atoms with E-state index in [-0.39, 0.29) is 0 Å². The zero-order valence-corrected chi connectivity index (χ0v) is 10.8. The molecular formula is C11H16N2S2. The van der Waals surface area contributed by atoms with Crippen LogP contribution in [0.2, 0.25) is 0 Å². The molecule has 1 rings (SSSR count). The van der Waals surface area contributed by atoms with Crippen molar-refractivity contribution in [3.63, 3.8) is 0 Å². The van der Waals surface area contributed by atoms with E-state index in [1.807, 2.05) is 23.2 Å². The summed E-state index contributed by atoms with van der Waals surface area (Å²) in [5.41, 5.74) is 0.773. The topological polar surface area (TPSA) is 35.8 Å². The second kappa shape index (κ2) is 6.89. The standard InChI is InChI=1S/C11H16N2S2/c1-3-10(8-14-2)13-6-11-4-9(5-12)7-15-11/h4,7,10,13H,3,6,8H2,1-2H3. The minimum absolute atomic E-state index is 0.577. The Labute approximate surface area is 99.7 Å². The van der Waals surface area contributed by atoms with E-state index in [4.69, 9.17) is 5.26 Å². The Morgan fingerprint density at radius 1 is 1.67 bits per heavy atom. The van der Waals surface area contributed by atoms with Crippen LogP contribution in [0, 0.1) is 11.3 Å². The first kappa shape index (κ1) is 12.6. The quantitative estimate of drug-likeness (QED) is 0.830. The average molecular weight is 240 g/mol. The summed E-state index contributed by atoms with van der Waals surface area (Å²) >= 11 is 3.52. The second-order valence-corrected chi connectivity index (χ2v) is 5.26. The lowest BCUT2D eigenvalue weighted by molar-refractivity contribution is 0.544. The van der Waals surface area contributed by atoms with Crippen molar-refractivity contribution in [2.45, 2.75) is 25.9 Å². The van der Waals surface area contributed by atoms with Crippen molar-refractivity contribution in [2.75, 3.05) is 12.0 Å². The van der Waals surface area contributed by atoms with Gasteiger partial charge in [-0.15, -0.1) is 11.3 Å². The smallest absolute Gasteiger partial charge is 0.100 e. The summed E-state index contributed by atoms with van der Waals surface area (Å²) < 4.78 is 0. The molecule has 0 bridgehead atoms. The zero-order valence-electron chi connectivity index (χ0n) is 9.12. The normalized spacial score (nSPS) is 12.3. The van der Waals surface area contributed by atoms with E-state index in [0.29, 0.717) is 6.04 Å². The molecule has 0 aliphatic carbocycles. The molecule has 0 saturated heterocycles. The van der Waals surface area contributed by atoms with Crippen molar-refractivity contribution in [1.82, 2.24) is 5.32 Å². The number of hydrogen-bond acceptors (Lipinski definition) is 4. The lowest BCUT2D eigenvalue weighted by Crippen LogP contribution is -2.29. The van der Waals surface area contributed by atoms with E-state index < -0.39 is 0 Å². The summed E-state index contributed by atoms with van der Waals surface area (Å²) in [6, 6.07) is 4.69. The van der Waals surface area contributed by atoms with E-state index >= 15 is 0 Å². The van der Waals surface area contributed by atoms with E-state index in [2.05, 4.69) is 24.6 Å². The highest BCUT2D eigenvalue weighted by Crippen LogP contribution is 2.14. The molecule has 0 aromatic carbocycles. The van der Waals surface area contributed by atoms with E-state index in [9.17, 15) is 0 Å². The maximum Gasteiger partial charge on any atom is 0.100 e. The number of thioether (sulfide) groups is 1. The van der Waals surface area contributed by atoms with Gasteiger partial charge in [0, 0.05) is 28.6 Å². The lowest BCUT2D eigenvalue weighted by Gasteiger charge is -2.14. The van der Waals surface area contributed by atoms with Crippen LogP contribution in [0.1, 0.15) is 23.8 Å².